The second-order valence-electron chi connectivity index (χ2n) is 6.80. The Balaban J connectivity index is 1.75. The van der Waals surface area contributed by atoms with Crippen LogP contribution in [0.4, 0.5) is 11.4 Å². The molecule has 1 heterocycles. The molecule has 1 saturated heterocycles. The van der Waals surface area contributed by atoms with E-state index < -0.39 is 16.8 Å². The summed E-state index contributed by atoms with van der Waals surface area (Å²) in [5, 5.41) is 11.1. The molecule has 3 rings (SSSR count). The summed E-state index contributed by atoms with van der Waals surface area (Å²) in [5.41, 5.74) is 2.98. The molecule has 2 aromatic rings. The third-order valence-corrected chi connectivity index (χ3v) is 4.86. The van der Waals surface area contributed by atoms with Crippen molar-refractivity contribution in [1.29, 1.82) is 0 Å². The fourth-order valence-corrected chi connectivity index (χ4v) is 3.05. The van der Waals surface area contributed by atoms with E-state index in [4.69, 9.17) is 4.74 Å². The van der Waals surface area contributed by atoms with Gasteiger partial charge in [-0.1, -0.05) is 12.1 Å². The number of benzene rings is 2. The number of nitro groups is 1. The number of hydrogen-bond acceptors (Lipinski definition) is 5. The molecule has 1 amide bonds. The summed E-state index contributed by atoms with van der Waals surface area (Å²) in [6.45, 7) is 5.67. The maximum absolute atomic E-state index is 12.5. The van der Waals surface area contributed by atoms with Gasteiger partial charge in [-0.3, -0.25) is 19.7 Å². The molecule has 1 aliphatic rings. The van der Waals surface area contributed by atoms with Crippen LogP contribution in [-0.4, -0.2) is 23.3 Å². The van der Waals surface area contributed by atoms with Crippen LogP contribution in [0.15, 0.2) is 36.4 Å². The van der Waals surface area contributed by atoms with Crippen molar-refractivity contribution in [2.45, 2.75) is 27.2 Å². The average molecular weight is 368 g/mol. The molecule has 0 spiro atoms. The van der Waals surface area contributed by atoms with Gasteiger partial charge in [-0.15, -0.1) is 0 Å². The number of aryl methyl sites for hydroxylation is 3. The van der Waals surface area contributed by atoms with Crippen molar-refractivity contribution in [3.63, 3.8) is 0 Å². The van der Waals surface area contributed by atoms with Crippen molar-refractivity contribution in [3.8, 4) is 5.75 Å². The molecule has 0 radical (unpaired) electrons. The average Bonchev–Trinajstić information content (AvgIpc) is 3.00. The van der Waals surface area contributed by atoms with Gasteiger partial charge in [0.2, 0.25) is 5.91 Å². The monoisotopic (exact) mass is 368 g/mol. The van der Waals surface area contributed by atoms with Crippen molar-refractivity contribution >= 4 is 23.3 Å². The maximum atomic E-state index is 12.5. The van der Waals surface area contributed by atoms with E-state index in [-0.39, 0.29) is 24.6 Å². The lowest BCUT2D eigenvalue weighted by molar-refractivity contribution is -0.385. The number of nitrogens with zero attached hydrogens (tertiary/aromatic N) is 2. The molecule has 0 aromatic heterocycles. The summed E-state index contributed by atoms with van der Waals surface area (Å²) < 4.78 is 5.42. The minimum atomic E-state index is -0.612. The van der Waals surface area contributed by atoms with Gasteiger partial charge in [0, 0.05) is 24.6 Å². The second-order valence-corrected chi connectivity index (χ2v) is 6.80. The highest BCUT2D eigenvalue weighted by Crippen LogP contribution is 2.30. The third-order valence-electron chi connectivity index (χ3n) is 4.86. The molecule has 0 unspecified atom stereocenters. The summed E-state index contributed by atoms with van der Waals surface area (Å²) in [4.78, 5) is 36.9. The first kappa shape index (κ1) is 18.6. The fourth-order valence-electron chi connectivity index (χ4n) is 3.05. The normalized spacial score (nSPS) is 16.5. The van der Waals surface area contributed by atoms with Gasteiger partial charge in [0.1, 0.15) is 5.75 Å². The molecule has 0 N–H and O–H groups in total. The zero-order valence-corrected chi connectivity index (χ0v) is 15.4. The van der Waals surface area contributed by atoms with Crippen LogP contribution in [0.25, 0.3) is 0 Å². The Bertz CT molecular complexity index is 938. The predicted molar refractivity (Wildman–Crippen MR) is 99.8 cm³/mol. The molecular weight excluding hydrogens is 348 g/mol. The van der Waals surface area contributed by atoms with E-state index in [0.29, 0.717) is 17.0 Å². The Morgan fingerprint density at radius 3 is 2.48 bits per heavy atom. The van der Waals surface area contributed by atoms with Crippen LogP contribution in [0.1, 0.15) is 23.1 Å². The minimum Gasteiger partial charge on any atom is -0.426 e. The smallest absolute Gasteiger partial charge is 0.316 e. The molecule has 1 atom stereocenters. The SMILES string of the molecule is Cc1ccc(OC(=O)[C@H]2CC(=O)N(c3ccc(C)c([N+](=O)[O-])c3)C2)cc1C. The first-order valence-electron chi connectivity index (χ1n) is 8.60. The highest BCUT2D eigenvalue weighted by molar-refractivity contribution is 6.00. The van der Waals surface area contributed by atoms with Crippen molar-refractivity contribution in [3.05, 3.63) is 63.2 Å². The van der Waals surface area contributed by atoms with Crippen molar-refractivity contribution in [2.75, 3.05) is 11.4 Å². The van der Waals surface area contributed by atoms with Gasteiger partial charge in [0.05, 0.1) is 16.5 Å². The Labute approximate surface area is 156 Å². The highest BCUT2D eigenvalue weighted by atomic mass is 16.6. The van der Waals surface area contributed by atoms with Gasteiger partial charge in [0.25, 0.3) is 5.69 Å². The second kappa shape index (κ2) is 7.19. The van der Waals surface area contributed by atoms with E-state index in [0.717, 1.165) is 11.1 Å². The number of esters is 1. The zero-order valence-electron chi connectivity index (χ0n) is 15.4. The Hall–Kier alpha value is -3.22. The summed E-state index contributed by atoms with van der Waals surface area (Å²) in [6, 6.07) is 9.99. The molecule has 0 aliphatic carbocycles. The number of ether oxygens (including phenoxy) is 1. The number of rotatable bonds is 4. The quantitative estimate of drug-likeness (QED) is 0.357. The van der Waals surface area contributed by atoms with Crippen LogP contribution >= 0.6 is 0 Å². The van der Waals surface area contributed by atoms with Gasteiger partial charge >= 0.3 is 5.97 Å². The largest absolute Gasteiger partial charge is 0.426 e. The standard InChI is InChI=1S/C20H20N2O5/c1-12-5-7-17(8-14(12)3)27-20(24)15-9-19(23)21(11-15)16-6-4-13(2)18(10-16)22(25)26/h4-8,10,15H,9,11H2,1-3H3/t15-/m0/s1. The third kappa shape index (κ3) is 3.81. The number of carbonyl (C=O) groups is 2. The molecule has 1 aliphatic heterocycles. The number of anilines is 1. The van der Waals surface area contributed by atoms with E-state index in [1.54, 1.807) is 31.2 Å². The number of hydrogen-bond donors (Lipinski definition) is 0. The number of amides is 1. The van der Waals surface area contributed by atoms with Crippen LogP contribution in [0.5, 0.6) is 5.75 Å². The predicted octanol–water partition coefficient (Wildman–Crippen LogP) is 3.48. The van der Waals surface area contributed by atoms with Crippen molar-refractivity contribution < 1.29 is 19.2 Å². The summed E-state index contributed by atoms with van der Waals surface area (Å²) in [7, 11) is 0. The number of nitro benzene ring substituents is 1. The highest BCUT2D eigenvalue weighted by Gasteiger charge is 2.37. The van der Waals surface area contributed by atoms with Crippen LogP contribution in [-0.2, 0) is 9.59 Å². The molecule has 7 nitrogen and oxygen atoms in total. The van der Waals surface area contributed by atoms with Crippen LogP contribution in [0, 0.1) is 36.8 Å². The van der Waals surface area contributed by atoms with Crippen molar-refractivity contribution in [1.82, 2.24) is 0 Å². The Morgan fingerprint density at radius 2 is 1.81 bits per heavy atom. The molecule has 27 heavy (non-hydrogen) atoms. The molecule has 0 bridgehead atoms. The fraction of sp³-hybridized carbons (Fsp3) is 0.300. The van der Waals surface area contributed by atoms with E-state index in [2.05, 4.69) is 0 Å². The van der Waals surface area contributed by atoms with Gasteiger partial charge in [-0.25, -0.2) is 0 Å². The van der Waals surface area contributed by atoms with E-state index in [1.165, 1.54) is 11.0 Å². The molecular formula is C20H20N2O5. The molecule has 0 saturated carbocycles. The van der Waals surface area contributed by atoms with Crippen molar-refractivity contribution in [2.24, 2.45) is 5.92 Å². The van der Waals surface area contributed by atoms with Crippen LogP contribution in [0.2, 0.25) is 0 Å². The lowest BCUT2D eigenvalue weighted by atomic mass is 10.1. The van der Waals surface area contributed by atoms with Gasteiger partial charge in [-0.2, -0.15) is 0 Å². The Kier molecular flexibility index (Phi) is 4.94. The summed E-state index contributed by atoms with van der Waals surface area (Å²) in [6.07, 6.45) is 0.0192. The molecule has 2 aromatic carbocycles. The molecule has 1 fully saturated rings. The van der Waals surface area contributed by atoms with Crippen LogP contribution < -0.4 is 9.64 Å². The summed E-state index contributed by atoms with van der Waals surface area (Å²) >= 11 is 0. The Morgan fingerprint density at radius 1 is 1.11 bits per heavy atom. The zero-order chi connectivity index (χ0) is 19.7. The minimum absolute atomic E-state index is 0.0192. The molecule has 7 heteroatoms. The number of carbonyl (C=O) groups excluding carboxylic acids is 2. The lowest BCUT2D eigenvalue weighted by Gasteiger charge is -2.17. The van der Waals surface area contributed by atoms with Crippen LogP contribution in [0.3, 0.4) is 0 Å². The molecule has 140 valence electrons. The first-order chi connectivity index (χ1) is 12.8. The summed E-state index contributed by atoms with van der Waals surface area (Å²) in [5.74, 6) is -0.898. The van der Waals surface area contributed by atoms with Gasteiger partial charge in [0.15, 0.2) is 0 Å². The maximum Gasteiger partial charge on any atom is 0.316 e. The topological polar surface area (TPSA) is 89.8 Å². The van der Waals surface area contributed by atoms with E-state index in [9.17, 15) is 19.7 Å². The lowest BCUT2D eigenvalue weighted by Crippen LogP contribution is -2.27. The van der Waals surface area contributed by atoms with Gasteiger partial charge in [-0.05, 0) is 50.1 Å². The van der Waals surface area contributed by atoms with E-state index in [1.807, 2.05) is 19.9 Å². The van der Waals surface area contributed by atoms with E-state index >= 15 is 0 Å². The first-order valence-corrected chi connectivity index (χ1v) is 8.60. The van der Waals surface area contributed by atoms with Gasteiger partial charge < -0.3 is 9.64 Å².